The van der Waals surface area contributed by atoms with E-state index in [4.69, 9.17) is 15.2 Å². The Kier molecular flexibility index (Phi) is 3.87. The van der Waals surface area contributed by atoms with Crippen molar-refractivity contribution in [2.45, 2.75) is 19.4 Å². The number of hydrogen-bond acceptors (Lipinski definition) is 5. The second kappa shape index (κ2) is 5.97. The van der Waals surface area contributed by atoms with Crippen molar-refractivity contribution in [3.63, 3.8) is 0 Å². The maximum atomic E-state index is 6.01. The van der Waals surface area contributed by atoms with Crippen molar-refractivity contribution >= 4 is 22.9 Å². The van der Waals surface area contributed by atoms with Crippen LogP contribution in [0.5, 0.6) is 11.5 Å². The molecule has 0 radical (unpaired) electrons. The molecule has 0 saturated heterocycles. The van der Waals surface area contributed by atoms with Crippen molar-refractivity contribution in [2.24, 2.45) is 4.99 Å². The lowest BCUT2D eigenvalue weighted by Crippen LogP contribution is -2.34. The van der Waals surface area contributed by atoms with Gasteiger partial charge in [-0.1, -0.05) is 19.1 Å². The molecular weight excluding hydrogens is 278 g/mol. The van der Waals surface area contributed by atoms with Gasteiger partial charge in [0, 0.05) is 11.8 Å². The Balaban J connectivity index is 1.95. The fourth-order valence-electron chi connectivity index (χ4n) is 2.40. The lowest BCUT2D eigenvalue weighted by molar-refractivity contribution is 0.259. The summed E-state index contributed by atoms with van der Waals surface area (Å²) < 4.78 is 11.4. The molecule has 5 nitrogen and oxygen atoms in total. The third-order valence-corrected chi connectivity index (χ3v) is 3.54. The van der Waals surface area contributed by atoms with Crippen LogP contribution in [0.15, 0.2) is 47.5 Å². The first kappa shape index (κ1) is 14.3. The van der Waals surface area contributed by atoms with Gasteiger partial charge in [0.2, 0.25) is 0 Å². The fourth-order valence-corrected chi connectivity index (χ4v) is 2.40. The van der Waals surface area contributed by atoms with Gasteiger partial charge >= 0.3 is 0 Å². The Bertz CT molecular complexity index is 713. The molecule has 0 aliphatic carbocycles. The number of nitrogen functional groups attached to an aromatic ring is 1. The standard InChI is InChI=1S/C17H19N3O2/c1-3-14-17(19-12-6-4-5-7-15(12)21-2)20-13-9-8-11(18)10-16(13)22-14/h4-10,14H,3,18H2,1-2H3,(H,19,20). The smallest absolute Gasteiger partial charge is 0.156 e. The van der Waals surface area contributed by atoms with Gasteiger partial charge in [-0.15, -0.1) is 0 Å². The zero-order chi connectivity index (χ0) is 15.5. The number of amidine groups is 1. The van der Waals surface area contributed by atoms with Gasteiger partial charge in [0.15, 0.2) is 6.10 Å². The van der Waals surface area contributed by atoms with E-state index >= 15 is 0 Å². The molecule has 0 aromatic heterocycles. The van der Waals surface area contributed by atoms with Crippen LogP contribution in [0.25, 0.3) is 0 Å². The number of nitrogens with zero attached hydrogens (tertiary/aromatic N) is 1. The van der Waals surface area contributed by atoms with E-state index in [1.165, 1.54) is 0 Å². The predicted octanol–water partition coefficient (Wildman–Crippen LogP) is 3.59. The van der Waals surface area contributed by atoms with E-state index in [1.54, 1.807) is 13.2 Å². The molecule has 3 rings (SSSR count). The number of anilines is 2. The third-order valence-electron chi connectivity index (χ3n) is 3.54. The normalized spacial score (nSPS) is 16.3. The summed E-state index contributed by atoms with van der Waals surface area (Å²) in [6, 6.07) is 13.2. The zero-order valence-electron chi connectivity index (χ0n) is 12.7. The summed E-state index contributed by atoms with van der Waals surface area (Å²) in [4.78, 5) is 4.68. The third kappa shape index (κ3) is 2.70. The van der Waals surface area contributed by atoms with Gasteiger partial charge in [-0.25, -0.2) is 4.99 Å². The van der Waals surface area contributed by atoms with E-state index < -0.39 is 0 Å². The zero-order valence-corrected chi connectivity index (χ0v) is 12.7. The molecule has 3 N–H and O–H groups in total. The van der Waals surface area contributed by atoms with E-state index in [0.29, 0.717) is 5.69 Å². The Morgan fingerprint density at radius 2 is 2.09 bits per heavy atom. The Labute approximate surface area is 129 Å². The SMILES string of the molecule is CCC1Oc2cc(N)ccc2N=C1Nc1ccccc1OC. The number of fused-ring (bicyclic) bond motifs is 1. The molecule has 0 saturated carbocycles. The Morgan fingerprint density at radius 3 is 2.86 bits per heavy atom. The number of methoxy groups -OCH3 is 1. The molecule has 0 fully saturated rings. The van der Waals surface area contributed by atoms with Crippen LogP contribution in [0.1, 0.15) is 13.3 Å². The summed E-state index contributed by atoms with van der Waals surface area (Å²) in [5, 5.41) is 3.33. The number of para-hydroxylation sites is 2. The number of ether oxygens (including phenoxy) is 2. The molecule has 0 amide bonds. The lowest BCUT2D eigenvalue weighted by atomic mass is 10.1. The predicted molar refractivity (Wildman–Crippen MR) is 89.3 cm³/mol. The van der Waals surface area contributed by atoms with Gasteiger partial charge in [-0.05, 0) is 30.7 Å². The fraction of sp³-hybridized carbons (Fsp3) is 0.235. The van der Waals surface area contributed by atoms with Gasteiger partial charge in [-0.2, -0.15) is 0 Å². The number of benzene rings is 2. The van der Waals surface area contributed by atoms with Crippen LogP contribution in [-0.2, 0) is 0 Å². The second-order valence-corrected chi connectivity index (χ2v) is 5.06. The van der Waals surface area contributed by atoms with Crippen LogP contribution in [0.3, 0.4) is 0 Å². The number of rotatable bonds is 3. The van der Waals surface area contributed by atoms with Crippen molar-refractivity contribution < 1.29 is 9.47 Å². The number of aliphatic imine (C=N–C) groups is 1. The highest BCUT2D eigenvalue weighted by molar-refractivity contribution is 6.02. The van der Waals surface area contributed by atoms with Gasteiger partial charge in [0.05, 0.1) is 12.8 Å². The summed E-state index contributed by atoms with van der Waals surface area (Å²) in [7, 11) is 1.65. The number of nitrogens with one attached hydrogen (secondary N) is 1. The maximum Gasteiger partial charge on any atom is 0.156 e. The minimum absolute atomic E-state index is 0.140. The molecular formula is C17H19N3O2. The molecule has 1 atom stereocenters. The average Bonchev–Trinajstić information content (AvgIpc) is 2.55. The minimum Gasteiger partial charge on any atom is -0.495 e. The van der Waals surface area contributed by atoms with Gasteiger partial charge in [0.1, 0.15) is 23.0 Å². The van der Waals surface area contributed by atoms with Crippen molar-refractivity contribution in [1.29, 1.82) is 0 Å². The van der Waals surface area contributed by atoms with Crippen LogP contribution in [0.4, 0.5) is 17.1 Å². The van der Waals surface area contributed by atoms with Gasteiger partial charge < -0.3 is 20.5 Å². The number of nitrogens with two attached hydrogens (primary N) is 1. The molecule has 1 aliphatic heterocycles. The molecule has 1 unspecified atom stereocenters. The molecule has 5 heteroatoms. The summed E-state index contributed by atoms with van der Waals surface area (Å²) >= 11 is 0. The lowest BCUT2D eigenvalue weighted by Gasteiger charge is -2.26. The molecule has 2 aromatic carbocycles. The molecule has 0 bridgehead atoms. The molecule has 0 spiro atoms. The first-order valence-electron chi connectivity index (χ1n) is 7.26. The average molecular weight is 297 g/mol. The molecule has 2 aromatic rings. The Hall–Kier alpha value is -2.69. The maximum absolute atomic E-state index is 6.01. The van der Waals surface area contributed by atoms with Crippen LogP contribution >= 0.6 is 0 Å². The van der Waals surface area contributed by atoms with E-state index in [-0.39, 0.29) is 6.10 Å². The molecule has 1 heterocycles. The van der Waals surface area contributed by atoms with E-state index in [1.807, 2.05) is 36.4 Å². The topological polar surface area (TPSA) is 68.9 Å². The van der Waals surface area contributed by atoms with Crippen molar-refractivity contribution in [2.75, 3.05) is 18.2 Å². The molecule has 22 heavy (non-hydrogen) atoms. The van der Waals surface area contributed by atoms with Gasteiger partial charge in [0.25, 0.3) is 0 Å². The first-order chi connectivity index (χ1) is 10.7. The highest BCUT2D eigenvalue weighted by Gasteiger charge is 2.24. The quantitative estimate of drug-likeness (QED) is 0.849. The Morgan fingerprint density at radius 1 is 1.27 bits per heavy atom. The summed E-state index contributed by atoms with van der Waals surface area (Å²) in [6.07, 6.45) is 0.661. The van der Waals surface area contributed by atoms with Gasteiger partial charge in [-0.3, -0.25) is 0 Å². The van der Waals surface area contributed by atoms with Crippen LogP contribution in [0, 0.1) is 0 Å². The second-order valence-electron chi connectivity index (χ2n) is 5.06. The minimum atomic E-state index is -0.140. The monoisotopic (exact) mass is 297 g/mol. The number of hydrogen-bond donors (Lipinski definition) is 2. The van der Waals surface area contributed by atoms with E-state index in [9.17, 15) is 0 Å². The highest BCUT2D eigenvalue weighted by Crippen LogP contribution is 2.35. The van der Waals surface area contributed by atoms with Crippen LogP contribution in [-0.4, -0.2) is 19.0 Å². The largest absolute Gasteiger partial charge is 0.495 e. The summed E-state index contributed by atoms with van der Waals surface area (Å²) in [5.41, 5.74) is 8.12. The van der Waals surface area contributed by atoms with Crippen molar-refractivity contribution in [1.82, 2.24) is 0 Å². The molecule has 114 valence electrons. The van der Waals surface area contributed by atoms with E-state index in [0.717, 1.165) is 35.1 Å². The van der Waals surface area contributed by atoms with Crippen molar-refractivity contribution in [3.05, 3.63) is 42.5 Å². The van der Waals surface area contributed by atoms with Crippen LogP contribution < -0.4 is 20.5 Å². The summed E-state index contributed by atoms with van der Waals surface area (Å²) in [6.45, 7) is 2.06. The highest BCUT2D eigenvalue weighted by atomic mass is 16.5. The van der Waals surface area contributed by atoms with Crippen LogP contribution in [0.2, 0.25) is 0 Å². The first-order valence-corrected chi connectivity index (χ1v) is 7.26. The molecule has 1 aliphatic rings. The van der Waals surface area contributed by atoms with Crippen molar-refractivity contribution in [3.8, 4) is 11.5 Å². The van der Waals surface area contributed by atoms with E-state index in [2.05, 4.69) is 17.2 Å². The summed E-state index contributed by atoms with van der Waals surface area (Å²) in [5.74, 6) is 2.25.